The van der Waals surface area contributed by atoms with E-state index in [4.69, 9.17) is 16.6 Å². The van der Waals surface area contributed by atoms with Crippen LogP contribution in [0.2, 0.25) is 5.02 Å². The van der Waals surface area contributed by atoms with Crippen molar-refractivity contribution in [3.8, 4) is 0 Å². The van der Waals surface area contributed by atoms with Crippen LogP contribution in [-0.4, -0.2) is 42.8 Å². The molecule has 1 fully saturated rings. The van der Waals surface area contributed by atoms with Gasteiger partial charge in [-0.2, -0.15) is 0 Å². The first-order valence-electron chi connectivity index (χ1n) is 10.5. The maximum atomic E-state index is 13.4. The molecular formula is C23H30ClN3O. The molecule has 28 heavy (non-hydrogen) atoms. The van der Waals surface area contributed by atoms with Crippen molar-refractivity contribution in [2.45, 2.75) is 51.4 Å². The number of fused-ring (bicyclic) bond motifs is 2. The molecule has 2 aliphatic carbocycles. The molecule has 0 bridgehead atoms. The summed E-state index contributed by atoms with van der Waals surface area (Å²) in [5.74, 6) is 0. The van der Waals surface area contributed by atoms with E-state index in [1.807, 2.05) is 12.1 Å². The van der Waals surface area contributed by atoms with Crippen LogP contribution in [0.3, 0.4) is 0 Å². The molecule has 0 radical (unpaired) electrons. The second kappa shape index (κ2) is 8.00. The van der Waals surface area contributed by atoms with Gasteiger partial charge in [0.2, 0.25) is 0 Å². The molecule has 0 aliphatic heterocycles. The summed E-state index contributed by atoms with van der Waals surface area (Å²) in [6, 6.07) is 5.56. The van der Waals surface area contributed by atoms with Crippen LogP contribution in [0.25, 0.3) is 10.9 Å². The van der Waals surface area contributed by atoms with E-state index in [1.54, 1.807) is 6.07 Å². The number of hydrogen-bond acceptors (Lipinski definition) is 3. The molecule has 0 saturated heterocycles. The summed E-state index contributed by atoms with van der Waals surface area (Å²) >= 11 is 6.17. The highest BCUT2D eigenvalue weighted by atomic mass is 35.5. The van der Waals surface area contributed by atoms with E-state index in [-0.39, 0.29) is 10.8 Å². The molecule has 2 aromatic rings. The zero-order valence-electron chi connectivity index (χ0n) is 17.0. The van der Waals surface area contributed by atoms with Crippen molar-refractivity contribution in [1.82, 2.24) is 9.88 Å². The monoisotopic (exact) mass is 399 g/mol. The van der Waals surface area contributed by atoms with Gasteiger partial charge in [0.1, 0.15) is 0 Å². The Morgan fingerprint density at radius 3 is 2.71 bits per heavy atom. The lowest BCUT2D eigenvalue weighted by Crippen LogP contribution is -2.38. The summed E-state index contributed by atoms with van der Waals surface area (Å²) in [6.45, 7) is 1.79. The van der Waals surface area contributed by atoms with E-state index < -0.39 is 0 Å². The lowest BCUT2D eigenvalue weighted by Gasteiger charge is -2.41. The van der Waals surface area contributed by atoms with Crippen molar-refractivity contribution >= 4 is 28.2 Å². The highest BCUT2D eigenvalue weighted by Crippen LogP contribution is 2.45. The Morgan fingerprint density at radius 2 is 1.96 bits per heavy atom. The molecular weight excluding hydrogens is 370 g/mol. The van der Waals surface area contributed by atoms with Crippen molar-refractivity contribution < 1.29 is 0 Å². The average molecular weight is 400 g/mol. The molecule has 1 aromatic carbocycles. The van der Waals surface area contributed by atoms with Crippen LogP contribution in [0.4, 0.5) is 0 Å². The summed E-state index contributed by atoms with van der Waals surface area (Å²) in [4.78, 5) is 24.1. The molecule has 0 amide bonds. The zero-order chi connectivity index (χ0) is 19.7. The van der Waals surface area contributed by atoms with Crippen LogP contribution in [-0.2, 0) is 6.42 Å². The van der Waals surface area contributed by atoms with E-state index in [0.717, 1.165) is 54.8 Å². The van der Waals surface area contributed by atoms with Gasteiger partial charge in [0, 0.05) is 33.9 Å². The number of H-pyrrole nitrogens is 1. The summed E-state index contributed by atoms with van der Waals surface area (Å²) in [5, 5.41) is 1.27. The lowest BCUT2D eigenvalue weighted by molar-refractivity contribution is 0.191. The molecule has 150 valence electrons. The van der Waals surface area contributed by atoms with Crippen LogP contribution < -0.4 is 5.43 Å². The van der Waals surface area contributed by atoms with Crippen LogP contribution in [0.5, 0.6) is 0 Å². The first-order chi connectivity index (χ1) is 13.5. The van der Waals surface area contributed by atoms with Crippen LogP contribution in [0, 0.1) is 5.41 Å². The van der Waals surface area contributed by atoms with Crippen molar-refractivity contribution in [1.29, 1.82) is 0 Å². The number of aliphatic imine (C=N–C) groups is 1. The van der Waals surface area contributed by atoms with Gasteiger partial charge in [0.05, 0.1) is 5.56 Å². The van der Waals surface area contributed by atoms with Gasteiger partial charge >= 0.3 is 0 Å². The average Bonchev–Trinajstić information content (AvgIpc) is 2.66. The topological polar surface area (TPSA) is 48.5 Å². The second-order valence-corrected chi connectivity index (χ2v) is 9.33. The Balaban J connectivity index is 1.78. The van der Waals surface area contributed by atoms with Gasteiger partial charge in [-0.25, -0.2) is 0 Å². The van der Waals surface area contributed by atoms with Crippen molar-refractivity contribution in [3.63, 3.8) is 0 Å². The molecule has 0 unspecified atom stereocenters. The lowest BCUT2D eigenvalue weighted by atomic mass is 9.64. The van der Waals surface area contributed by atoms with Gasteiger partial charge < -0.3 is 9.88 Å². The SMILES string of the molecule is CN(C)CCCN=C1CC2(CCCCC2)Cc2[nH]c3ccc(Cl)cc3c(=O)c21. The normalized spacial score (nSPS) is 20.2. The predicted octanol–water partition coefficient (Wildman–Crippen LogP) is 4.82. The predicted molar refractivity (Wildman–Crippen MR) is 118 cm³/mol. The molecule has 1 N–H and O–H groups in total. The van der Waals surface area contributed by atoms with Crippen LogP contribution in [0.15, 0.2) is 28.0 Å². The first-order valence-corrected chi connectivity index (χ1v) is 10.9. The minimum absolute atomic E-state index is 0.0864. The maximum Gasteiger partial charge on any atom is 0.198 e. The zero-order valence-corrected chi connectivity index (χ0v) is 17.7. The summed E-state index contributed by atoms with van der Waals surface area (Å²) in [7, 11) is 4.17. The van der Waals surface area contributed by atoms with E-state index in [0.29, 0.717) is 10.4 Å². The van der Waals surface area contributed by atoms with Crippen LogP contribution in [0.1, 0.15) is 56.2 Å². The number of halogens is 1. The van der Waals surface area contributed by atoms with Gasteiger partial charge in [-0.15, -0.1) is 0 Å². The number of rotatable bonds is 4. The first kappa shape index (κ1) is 19.7. The molecule has 4 rings (SSSR count). The third-order valence-corrected chi connectivity index (χ3v) is 6.64. The molecule has 1 saturated carbocycles. The van der Waals surface area contributed by atoms with Crippen molar-refractivity contribution in [2.24, 2.45) is 10.4 Å². The van der Waals surface area contributed by atoms with Gasteiger partial charge in [-0.3, -0.25) is 9.79 Å². The minimum Gasteiger partial charge on any atom is -0.358 e. The second-order valence-electron chi connectivity index (χ2n) is 8.90. The third-order valence-electron chi connectivity index (χ3n) is 6.40. The smallest absolute Gasteiger partial charge is 0.198 e. The van der Waals surface area contributed by atoms with E-state index in [2.05, 4.69) is 24.0 Å². The highest BCUT2D eigenvalue weighted by molar-refractivity contribution is 6.31. The number of aromatic amines is 1. The quantitative estimate of drug-likeness (QED) is 0.749. The van der Waals surface area contributed by atoms with Gasteiger partial charge in [-0.05, 0) is 76.4 Å². The Kier molecular flexibility index (Phi) is 5.62. The van der Waals surface area contributed by atoms with E-state index in [1.165, 1.54) is 32.1 Å². The molecule has 0 atom stereocenters. The van der Waals surface area contributed by atoms with Crippen molar-refractivity contribution in [3.05, 3.63) is 44.7 Å². The summed E-state index contributed by atoms with van der Waals surface area (Å²) in [6.07, 6.45) is 9.30. The Hall–Kier alpha value is -1.65. The molecule has 2 aliphatic rings. The maximum absolute atomic E-state index is 13.4. The molecule has 1 spiro atoms. The standard InChI is InChI=1S/C23H30ClN3O/c1-27(2)12-6-11-25-19-14-23(9-4-3-5-10-23)15-20-21(19)22(28)17-13-16(24)7-8-18(17)26-20/h7-8,13H,3-6,9-12,14-15H2,1-2H3,(H,26,28). The molecule has 1 aromatic heterocycles. The largest absolute Gasteiger partial charge is 0.358 e. The number of nitrogens with one attached hydrogen (secondary N) is 1. The Bertz CT molecular complexity index is 954. The number of hydrogen-bond donors (Lipinski definition) is 1. The minimum atomic E-state index is 0.0864. The number of benzene rings is 1. The van der Waals surface area contributed by atoms with Gasteiger partial charge in [0.15, 0.2) is 5.43 Å². The van der Waals surface area contributed by atoms with Crippen LogP contribution >= 0.6 is 11.6 Å². The van der Waals surface area contributed by atoms with Crippen molar-refractivity contribution in [2.75, 3.05) is 27.2 Å². The molecule has 4 nitrogen and oxygen atoms in total. The number of aromatic nitrogens is 1. The fourth-order valence-corrected chi connectivity index (χ4v) is 5.19. The fourth-order valence-electron chi connectivity index (χ4n) is 5.02. The number of pyridine rings is 1. The third kappa shape index (κ3) is 3.90. The van der Waals surface area contributed by atoms with E-state index in [9.17, 15) is 4.79 Å². The van der Waals surface area contributed by atoms with Gasteiger partial charge in [0.25, 0.3) is 0 Å². The van der Waals surface area contributed by atoms with Gasteiger partial charge in [-0.1, -0.05) is 30.9 Å². The fraction of sp³-hybridized carbons (Fsp3) is 0.565. The molecule has 5 heteroatoms. The Labute approximate surface area is 172 Å². The number of nitrogens with zero attached hydrogens (tertiary/aromatic N) is 2. The summed E-state index contributed by atoms with van der Waals surface area (Å²) in [5.41, 5.74) is 4.16. The highest BCUT2D eigenvalue weighted by Gasteiger charge is 2.39. The summed E-state index contributed by atoms with van der Waals surface area (Å²) < 4.78 is 0. The van der Waals surface area contributed by atoms with E-state index >= 15 is 0 Å². The molecule has 1 heterocycles. The Morgan fingerprint density at radius 1 is 1.18 bits per heavy atom.